The van der Waals surface area contributed by atoms with E-state index in [1.165, 1.54) is 18.4 Å². The van der Waals surface area contributed by atoms with Crippen molar-refractivity contribution in [2.45, 2.75) is 31.5 Å². The van der Waals surface area contributed by atoms with Gasteiger partial charge in [-0.05, 0) is 30.5 Å². The molecule has 90 valence electrons. The molecule has 0 saturated carbocycles. The predicted octanol–water partition coefficient (Wildman–Crippen LogP) is 2.43. The number of nitrogens with one attached hydrogen (secondary N) is 1. The molecule has 2 aliphatic rings. The number of piperidine rings is 1. The number of carbonyl (C=O) groups is 1. The van der Waals surface area contributed by atoms with E-state index < -0.39 is 0 Å². The maximum atomic E-state index is 11.9. The number of amides is 1. The van der Waals surface area contributed by atoms with Crippen LogP contribution >= 0.6 is 15.9 Å². The number of benzene rings is 1. The van der Waals surface area contributed by atoms with Crippen LogP contribution in [0, 0.1) is 0 Å². The monoisotopic (exact) mass is 294 g/mol. The molecule has 2 heterocycles. The SMILES string of the molecule is O=C1NC(c2ccc(Br)cc2)N2CCCCC12. The van der Waals surface area contributed by atoms with Gasteiger partial charge in [0.2, 0.25) is 5.91 Å². The molecule has 0 spiro atoms. The van der Waals surface area contributed by atoms with Crippen LogP contribution in [-0.4, -0.2) is 23.4 Å². The van der Waals surface area contributed by atoms with Crippen LogP contribution in [0.1, 0.15) is 31.0 Å². The first-order chi connectivity index (χ1) is 8.25. The fourth-order valence-corrected chi connectivity index (χ4v) is 3.04. The Balaban J connectivity index is 1.88. The molecule has 0 aromatic heterocycles. The summed E-state index contributed by atoms with van der Waals surface area (Å²) in [6, 6.07) is 8.30. The van der Waals surface area contributed by atoms with Gasteiger partial charge in [0.15, 0.2) is 0 Å². The molecule has 0 aliphatic carbocycles. The lowest BCUT2D eigenvalue weighted by Gasteiger charge is -2.31. The van der Waals surface area contributed by atoms with Crippen LogP contribution in [0.25, 0.3) is 0 Å². The van der Waals surface area contributed by atoms with E-state index in [9.17, 15) is 4.79 Å². The lowest BCUT2D eigenvalue weighted by molar-refractivity contribution is -0.122. The van der Waals surface area contributed by atoms with E-state index in [4.69, 9.17) is 0 Å². The molecule has 3 nitrogen and oxygen atoms in total. The van der Waals surface area contributed by atoms with Gasteiger partial charge in [-0.25, -0.2) is 0 Å². The Morgan fingerprint density at radius 3 is 2.76 bits per heavy atom. The highest BCUT2D eigenvalue weighted by atomic mass is 79.9. The number of hydrogen-bond acceptors (Lipinski definition) is 2. The summed E-state index contributed by atoms with van der Waals surface area (Å²) in [6.45, 7) is 1.02. The Morgan fingerprint density at radius 1 is 1.24 bits per heavy atom. The highest BCUT2D eigenvalue weighted by Crippen LogP contribution is 2.32. The van der Waals surface area contributed by atoms with Crippen molar-refractivity contribution in [1.29, 1.82) is 0 Å². The van der Waals surface area contributed by atoms with Crippen LogP contribution in [0.3, 0.4) is 0 Å². The van der Waals surface area contributed by atoms with E-state index in [2.05, 4.69) is 38.3 Å². The van der Waals surface area contributed by atoms with Crippen LogP contribution in [0.15, 0.2) is 28.7 Å². The third-order valence-electron chi connectivity index (χ3n) is 3.64. The van der Waals surface area contributed by atoms with E-state index in [-0.39, 0.29) is 18.1 Å². The zero-order valence-corrected chi connectivity index (χ0v) is 11.1. The van der Waals surface area contributed by atoms with Gasteiger partial charge in [0, 0.05) is 11.0 Å². The van der Waals surface area contributed by atoms with E-state index in [1.807, 2.05) is 12.1 Å². The Labute approximate surface area is 109 Å². The summed E-state index contributed by atoms with van der Waals surface area (Å²) in [5.41, 5.74) is 1.17. The van der Waals surface area contributed by atoms with Gasteiger partial charge in [-0.1, -0.05) is 34.5 Å². The van der Waals surface area contributed by atoms with Crippen molar-refractivity contribution in [3.05, 3.63) is 34.3 Å². The molecule has 2 fully saturated rings. The minimum Gasteiger partial charge on any atom is -0.335 e. The lowest BCUT2D eigenvalue weighted by Crippen LogP contribution is -2.38. The van der Waals surface area contributed by atoms with Crippen molar-refractivity contribution in [2.75, 3.05) is 6.54 Å². The molecule has 1 amide bonds. The Hall–Kier alpha value is -0.870. The van der Waals surface area contributed by atoms with Crippen molar-refractivity contribution in [2.24, 2.45) is 0 Å². The summed E-state index contributed by atoms with van der Waals surface area (Å²) in [6.07, 6.45) is 3.43. The van der Waals surface area contributed by atoms with Gasteiger partial charge < -0.3 is 5.32 Å². The highest BCUT2D eigenvalue weighted by Gasteiger charge is 2.41. The van der Waals surface area contributed by atoms with Crippen LogP contribution < -0.4 is 5.32 Å². The summed E-state index contributed by atoms with van der Waals surface area (Å²) in [5.74, 6) is 0.192. The molecule has 1 aromatic rings. The number of carbonyl (C=O) groups excluding carboxylic acids is 1. The Morgan fingerprint density at radius 2 is 2.00 bits per heavy atom. The van der Waals surface area contributed by atoms with Crippen LogP contribution in [0.4, 0.5) is 0 Å². The number of nitrogens with zero attached hydrogens (tertiary/aromatic N) is 1. The third kappa shape index (κ3) is 2.00. The maximum Gasteiger partial charge on any atom is 0.238 e. The summed E-state index contributed by atoms with van der Waals surface area (Å²) in [7, 11) is 0. The second-order valence-corrected chi connectivity index (χ2v) is 5.63. The minimum absolute atomic E-state index is 0.0703. The number of hydrogen-bond donors (Lipinski definition) is 1. The van der Waals surface area contributed by atoms with Crippen molar-refractivity contribution in [1.82, 2.24) is 10.2 Å². The average Bonchev–Trinajstić information content (AvgIpc) is 2.69. The van der Waals surface area contributed by atoms with Gasteiger partial charge in [0.05, 0.1) is 6.04 Å². The normalized spacial score (nSPS) is 28.9. The van der Waals surface area contributed by atoms with E-state index >= 15 is 0 Å². The van der Waals surface area contributed by atoms with Gasteiger partial charge in [-0.15, -0.1) is 0 Å². The lowest BCUT2D eigenvalue weighted by atomic mass is 10.0. The maximum absolute atomic E-state index is 11.9. The molecule has 0 radical (unpaired) electrons. The molecule has 4 heteroatoms. The Kier molecular flexibility index (Phi) is 2.92. The molecule has 17 heavy (non-hydrogen) atoms. The second kappa shape index (κ2) is 4.42. The van der Waals surface area contributed by atoms with Gasteiger partial charge >= 0.3 is 0 Å². The highest BCUT2D eigenvalue weighted by molar-refractivity contribution is 9.10. The van der Waals surface area contributed by atoms with E-state index in [1.54, 1.807) is 0 Å². The molecular weight excluding hydrogens is 280 g/mol. The molecule has 2 atom stereocenters. The zero-order valence-electron chi connectivity index (χ0n) is 9.53. The molecule has 1 aromatic carbocycles. The topological polar surface area (TPSA) is 32.3 Å². The third-order valence-corrected chi connectivity index (χ3v) is 4.17. The number of rotatable bonds is 1. The number of halogens is 1. The first-order valence-electron chi connectivity index (χ1n) is 6.07. The summed E-state index contributed by atoms with van der Waals surface area (Å²) < 4.78 is 1.07. The van der Waals surface area contributed by atoms with Gasteiger partial charge in [0.25, 0.3) is 0 Å². The molecule has 3 rings (SSSR count). The van der Waals surface area contributed by atoms with Crippen molar-refractivity contribution in [3.8, 4) is 0 Å². The smallest absolute Gasteiger partial charge is 0.238 e. The van der Waals surface area contributed by atoms with Crippen LogP contribution in [-0.2, 0) is 4.79 Å². The number of fused-ring (bicyclic) bond motifs is 1. The second-order valence-electron chi connectivity index (χ2n) is 4.71. The van der Waals surface area contributed by atoms with E-state index in [0.29, 0.717) is 0 Å². The van der Waals surface area contributed by atoms with Crippen LogP contribution in [0.5, 0.6) is 0 Å². The summed E-state index contributed by atoms with van der Waals surface area (Å²) in [4.78, 5) is 14.2. The first-order valence-corrected chi connectivity index (χ1v) is 6.86. The first kappa shape index (κ1) is 11.2. The molecule has 2 unspecified atom stereocenters. The van der Waals surface area contributed by atoms with Gasteiger partial charge in [0.1, 0.15) is 6.17 Å². The Bertz CT molecular complexity index is 432. The van der Waals surface area contributed by atoms with Crippen molar-refractivity contribution >= 4 is 21.8 Å². The summed E-state index contributed by atoms with van der Waals surface area (Å²) >= 11 is 3.43. The standard InChI is InChI=1S/C13H15BrN2O/c14-10-6-4-9(5-7-10)12-15-13(17)11-3-1-2-8-16(11)12/h4-7,11-12H,1-3,8H2,(H,15,17). The molecule has 1 N–H and O–H groups in total. The van der Waals surface area contributed by atoms with Crippen LogP contribution in [0.2, 0.25) is 0 Å². The quantitative estimate of drug-likeness (QED) is 0.863. The molecule has 2 aliphatic heterocycles. The van der Waals surface area contributed by atoms with Gasteiger partial charge in [-0.3, -0.25) is 9.69 Å². The zero-order chi connectivity index (χ0) is 11.8. The minimum atomic E-state index is 0.0703. The average molecular weight is 295 g/mol. The van der Waals surface area contributed by atoms with Gasteiger partial charge in [-0.2, -0.15) is 0 Å². The summed E-state index contributed by atoms with van der Waals surface area (Å²) in [5, 5.41) is 3.10. The predicted molar refractivity (Wildman–Crippen MR) is 69.4 cm³/mol. The molecule has 2 saturated heterocycles. The van der Waals surface area contributed by atoms with Crippen molar-refractivity contribution in [3.63, 3.8) is 0 Å². The fraction of sp³-hybridized carbons (Fsp3) is 0.462. The largest absolute Gasteiger partial charge is 0.335 e. The fourth-order valence-electron chi connectivity index (χ4n) is 2.78. The molecular formula is C13H15BrN2O. The van der Waals surface area contributed by atoms with E-state index in [0.717, 1.165) is 17.4 Å². The van der Waals surface area contributed by atoms with Crippen molar-refractivity contribution < 1.29 is 4.79 Å². The molecule has 0 bridgehead atoms.